The van der Waals surface area contributed by atoms with E-state index in [1.165, 1.54) is 11.6 Å². The van der Waals surface area contributed by atoms with Crippen molar-refractivity contribution >= 4 is 39.6 Å². The third-order valence-electron chi connectivity index (χ3n) is 4.61. The van der Waals surface area contributed by atoms with Crippen LogP contribution in [-0.4, -0.2) is 22.1 Å². The molecule has 0 aliphatic heterocycles. The zero-order chi connectivity index (χ0) is 19.8. The lowest BCUT2D eigenvalue weighted by Crippen LogP contribution is -2.43. The summed E-state index contributed by atoms with van der Waals surface area (Å²) in [7, 11) is 1.44. The quantitative estimate of drug-likeness (QED) is 0.572. The summed E-state index contributed by atoms with van der Waals surface area (Å²) in [6, 6.07) is 14.2. The van der Waals surface area contributed by atoms with Crippen LogP contribution in [0.25, 0.3) is 22.1 Å². The van der Waals surface area contributed by atoms with Gasteiger partial charge in [0.15, 0.2) is 0 Å². The minimum Gasteiger partial charge on any atom is -0.449 e. The van der Waals surface area contributed by atoms with Crippen molar-refractivity contribution in [3.8, 4) is 0 Å². The molecule has 2 aromatic heterocycles. The van der Waals surface area contributed by atoms with Crippen molar-refractivity contribution in [2.75, 3.05) is 7.05 Å². The number of halogens is 1. The van der Waals surface area contributed by atoms with Gasteiger partial charge in [0.2, 0.25) is 11.5 Å². The summed E-state index contributed by atoms with van der Waals surface area (Å²) in [5, 5.41) is 3.57. The van der Waals surface area contributed by atoms with Gasteiger partial charge >= 0.3 is 5.69 Å². The first-order chi connectivity index (χ1) is 13.5. The number of furan rings is 1. The molecule has 2 heterocycles. The van der Waals surface area contributed by atoms with Crippen LogP contribution in [0, 0.1) is 0 Å². The minimum absolute atomic E-state index is 0.0248. The summed E-state index contributed by atoms with van der Waals surface area (Å²) in [6.07, 6.45) is 0. The van der Waals surface area contributed by atoms with Crippen molar-refractivity contribution in [2.24, 2.45) is 0 Å². The van der Waals surface area contributed by atoms with Crippen molar-refractivity contribution in [1.29, 1.82) is 0 Å². The van der Waals surface area contributed by atoms with E-state index >= 15 is 0 Å². The fraction of sp³-hybridized carbons (Fsp3) is 0.150. The fourth-order valence-electron chi connectivity index (χ4n) is 3.20. The molecule has 0 radical (unpaired) electrons. The molecular weight excluding hydrogens is 382 g/mol. The predicted octanol–water partition coefficient (Wildman–Crippen LogP) is 2.36. The molecule has 8 heteroatoms. The van der Waals surface area contributed by atoms with Crippen LogP contribution < -0.4 is 16.6 Å². The lowest BCUT2D eigenvalue weighted by atomic mass is 10.2. The topological polar surface area (TPSA) is 86.2 Å². The molecule has 7 nitrogen and oxygen atoms in total. The van der Waals surface area contributed by atoms with Gasteiger partial charge in [0.05, 0.1) is 6.54 Å². The number of fused-ring (bicyclic) bond motifs is 3. The number of aromatic nitrogens is 2. The summed E-state index contributed by atoms with van der Waals surface area (Å²) in [6.45, 7) is -0.268. The van der Waals surface area contributed by atoms with Gasteiger partial charge in [0.25, 0.3) is 5.56 Å². The highest BCUT2D eigenvalue weighted by molar-refractivity contribution is 6.31. The molecule has 0 aliphatic rings. The SMILES string of the molecule is CNC(=O)Cn1c(=O)c2oc3ccccc3c2n(Cc2ccccc2Cl)c1=O. The normalized spacial score (nSPS) is 11.2. The molecule has 1 amide bonds. The van der Waals surface area contributed by atoms with E-state index in [0.717, 1.165) is 4.57 Å². The van der Waals surface area contributed by atoms with Crippen molar-refractivity contribution < 1.29 is 9.21 Å². The van der Waals surface area contributed by atoms with Crippen molar-refractivity contribution in [3.05, 3.63) is 80.0 Å². The van der Waals surface area contributed by atoms with Gasteiger partial charge in [-0.05, 0) is 23.8 Å². The predicted molar refractivity (Wildman–Crippen MR) is 107 cm³/mol. The highest BCUT2D eigenvalue weighted by atomic mass is 35.5. The highest BCUT2D eigenvalue weighted by Gasteiger charge is 2.21. The Morgan fingerprint density at radius 3 is 2.54 bits per heavy atom. The molecule has 28 heavy (non-hydrogen) atoms. The first kappa shape index (κ1) is 18.1. The van der Waals surface area contributed by atoms with Crippen LogP contribution in [0.1, 0.15) is 5.56 Å². The zero-order valence-electron chi connectivity index (χ0n) is 14.9. The third kappa shape index (κ3) is 2.90. The molecule has 0 aliphatic carbocycles. The summed E-state index contributed by atoms with van der Waals surface area (Å²) >= 11 is 6.28. The van der Waals surface area contributed by atoms with Crippen LogP contribution in [0.15, 0.2) is 62.5 Å². The van der Waals surface area contributed by atoms with Crippen molar-refractivity contribution in [1.82, 2.24) is 14.5 Å². The van der Waals surface area contributed by atoms with E-state index in [4.69, 9.17) is 16.0 Å². The van der Waals surface area contributed by atoms with Crippen LogP contribution in [0.3, 0.4) is 0 Å². The molecule has 0 saturated heterocycles. The third-order valence-corrected chi connectivity index (χ3v) is 4.98. The maximum Gasteiger partial charge on any atom is 0.332 e. The Labute approximate surface area is 163 Å². The number of hydrogen-bond acceptors (Lipinski definition) is 4. The number of carbonyl (C=O) groups excluding carboxylic acids is 1. The molecule has 1 N–H and O–H groups in total. The number of amides is 1. The number of rotatable bonds is 4. The van der Waals surface area contributed by atoms with Crippen LogP contribution in [0.2, 0.25) is 5.02 Å². The monoisotopic (exact) mass is 397 g/mol. The number of likely N-dealkylation sites (N-methyl/N-ethyl adjacent to an activating group) is 1. The second-order valence-electron chi connectivity index (χ2n) is 6.30. The molecule has 0 fully saturated rings. The first-order valence-corrected chi connectivity index (χ1v) is 8.98. The molecule has 0 atom stereocenters. The van der Waals surface area contributed by atoms with Crippen LogP contribution in [0.4, 0.5) is 0 Å². The number of hydrogen-bond donors (Lipinski definition) is 1. The molecule has 0 bridgehead atoms. The van der Waals surface area contributed by atoms with E-state index in [9.17, 15) is 14.4 Å². The Morgan fingerprint density at radius 1 is 1.07 bits per heavy atom. The fourth-order valence-corrected chi connectivity index (χ4v) is 3.40. The average Bonchev–Trinajstić information content (AvgIpc) is 3.09. The maximum atomic E-state index is 13.2. The Hall–Kier alpha value is -3.32. The Morgan fingerprint density at radius 2 is 1.79 bits per heavy atom. The van der Waals surface area contributed by atoms with E-state index in [2.05, 4.69) is 5.32 Å². The van der Waals surface area contributed by atoms with E-state index in [1.54, 1.807) is 42.5 Å². The molecule has 0 spiro atoms. The van der Waals surface area contributed by atoms with Crippen LogP contribution in [0.5, 0.6) is 0 Å². The second-order valence-corrected chi connectivity index (χ2v) is 6.71. The average molecular weight is 398 g/mol. The van der Waals surface area contributed by atoms with E-state index in [0.29, 0.717) is 27.1 Å². The first-order valence-electron chi connectivity index (χ1n) is 8.60. The second kappa shape index (κ2) is 7.01. The lowest BCUT2D eigenvalue weighted by Gasteiger charge is -2.12. The molecule has 4 rings (SSSR count). The van der Waals surface area contributed by atoms with Gasteiger partial charge in [-0.1, -0.05) is 41.9 Å². The molecule has 2 aromatic carbocycles. The van der Waals surface area contributed by atoms with Gasteiger partial charge < -0.3 is 9.73 Å². The van der Waals surface area contributed by atoms with Gasteiger partial charge in [0, 0.05) is 17.5 Å². The van der Waals surface area contributed by atoms with Gasteiger partial charge in [-0.2, -0.15) is 0 Å². The van der Waals surface area contributed by atoms with E-state index in [-0.39, 0.29) is 12.1 Å². The Kier molecular flexibility index (Phi) is 4.52. The standard InChI is InChI=1S/C20H16ClN3O4/c1-22-16(25)11-24-19(26)18-17(13-7-3-5-9-15(13)28-18)23(20(24)27)10-12-6-2-4-8-14(12)21/h2-9H,10-11H2,1H3,(H,22,25). The van der Waals surface area contributed by atoms with Gasteiger partial charge in [-0.15, -0.1) is 0 Å². The van der Waals surface area contributed by atoms with E-state index in [1.807, 2.05) is 6.07 Å². The van der Waals surface area contributed by atoms with Crippen molar-refractivity contribution in [2.45, 2.75) is 13.1 Å². The highest BCUT2D eigenvalue weighted by Crippen LogP contribution is 2.26. The number of carbonyl (C=O) groups is 1. The summed E-state index contributed by atoms with van der Waals surface area (Å²) < 4.78 is 8.04. The Balaban J connectivity index is 2.07. The lowest BCUT2D eigenvalue weighted by molar-refractivity contribution is -0.121. The number of para-hydroxylation sites is 1. The maximum absolute atomic E-state index is 13.2. The minimum atomic E-state index is -0.643. The zero-order valence-corrected chi connectivity index (χ0v) is 15.7. The van der Waals surface area contributed by atoms with Crippen LogP contribution in [-0.2, 0) is 17.9 Å². The molecule has 0 saturated carbocycles. The molecule has 4 aromatic rings. The summed E-state index contributed by atoms with van der Waals surface area (Å²) in [5.74, 6) is -0.459. The van der Waals surface area contributed by atoms with Crippen LogP contribution >= 0.6 is 11.6 Å². The largest absolute Gasteiger partial charge is 0.449 e. The van der Waals surface area contributed by atoms with Gasteiger partial charge in [0.1, 0.15) is 17.6 Å². The molecular formula is C20H16ClN3O4. The van der Waals surface area contributed by atoms with Gasteiger partial charge in [-0.3, -0.25) is 14.2 Å². The van der Waals surface area contributed by atoms with Gasteiger partial charge in [-0.25, -0.2) is 9.36 Å². The number of benzene rings is 2. The number of nitrogens with zero attached hydrogens (tertiary/aromatic N) is 2. The smallest absolute Gasteiger partial charge is 0.332 e. The van der Waals surface area contributed by atoms with E-state index < -0.39 is 23.7 Å². The van der Waals surface area contributed by atoms with Crippen molar-refractivity contribution in [3.63, 3.8) is 0 Å². The molecule has 142 valence electrons. The molecule has 0 unspecified atom stereocenters. The summed E-state index contributed by atoms with van der Waals surface area (Å²) in [4.78, 5) is 37.9. The summed E-state index contributed by atoms with van der Waals surface area (Å²) in [5.41, 5.74) is 0.362. The number of nitrogens with one attached hydrogen (secondary N) is 1. The Bertz CT molecular complexity index is 1330.